The van der Waals surface area contributed by atoms with Crippen LogP contribution in [0.25, 0.3) is 0 Å². The SMILES string of the molecule is Clc1ccc([C@@H]2CC(Cl)(Cl)C[C@H](c3ccc(Cl)cc3)O2)cc1. The van der Waals surface area contributed by atoms with Crippen molar-refractivity contribution in [2.75, 3.05) is 0 Å². The largest absolute Gasteiger partial charge is 0.365 e. The Labute approximate surface area is 150 Å². The first-order valence-electron chi connectivity index (χ1n) is 6.97. The van der Waals surface area contributed by atoms with Crippen LogP contribution in [-0.4, -0.2) is 4.33 Å². The summed E-state index contributed by atoms with van der Waals surface area (Å²) in [6.07, 6.45) is 0.757. The molecule has 2 aromatic rings. The smallest absolute Gasteiger partial charge is 0.123 e. The molecule has 1 aliphatic heterocycles. The first kappa shape index (κ1) is 16.4. The Balaban J connectivity index is 1.86. The predicted octanol–water partition coefficient (Wildman–Crippen LogP) is 6.76. The molecule has 0 unspecified atom stereocenters. The topological polar surface area (TPSA) is 9.23 Å². The lowest BCUT2D eigenvalue weighted by atomic mass is 9.94. The van der Waals surface area contributed by atoms with Crippen LogP contribution in [0.4, 0.5) is 0 Å². The van der Waals surface area contributed by atoms with Gasteiger partial charge in [-0.15, -0.1) is 23.2 Å². The van der Waals surface area contributed by atoms with Crippen molar-refractivity contribution in [3.05, 3.63) is 69.7 Å². The van der Waals surface area contributed by atoms with Gasteiger partial charge in [-0.3, -0.25) is 0 Å². The maximum atomic E-state index is 6.46. The van der Waals surface area contributed by atoms with Crippen LogP contribution in [0.3, 0.4) is 0 Å². The van der Waals surface area contributed by atoms with Crippen LogP contribution in [-0.2, 0) is 4.74 Å². The van der Waals surface area contributed by atoms with E-state index in [0.717, 1.165) is 11.1 Å². The van der Waals surface area contributed by atoms with Gasteiger partial charge in [0, 0.05) is 22.9 Å². The molecule has 2 aromatic carbocycles. The Morgan fingerprint density at radius 2 is 1.09 bits per heavy atom. The summed E-state index contributed by atoms with van der Waals surface area (Å²) < 4.78 is 5.39. The Bertz CT molecular complexity index is 581. The van der Waals surface area contributed by atoms with Gasteiger partial charge in [0.05, 0.1) is 12.2 Å². The molecule has 0 saturated carbocycles. The zero-order valence-corrected chi connectivity index (χ0v) is 14.6. The molecule has 1 fully saturated rings. The highest BCUT2D eigenvalue weighted by Gasteiger charge is 2.39. The van der Waals surface area contributed by atoms with Gasteiger partial charge in [0.2, 0.25) is 0 Å². The van der Waals surface area contributed by atoms with Crippen LogP contribution in [0, 0.1) is 0 Å². The van der Waals surface area contributed by atoms with Crippen molar-refractivity contribution in [1.82, 2.24) is 0 Å². The fourth-order valence-corrected chi connectivity index (χ4v) is 3.48. The number of ether oxygens (including phenoxy) is 1. The Morgan fingerprint density at radius 3 is 1.45 bits per heavy atom. The monoisotopic (exact) mass is 374 g/mol. The second kappa shape index (κ2) is 6.59. The molecular weight excluding hydrogens is 362 g/mol. The van der Waals surface area contributed by atoms with Crippen molar-refractivity contribution >= 4 is 46.4 Å². The minimum atomic E-state index is -0.827. The second-order valence-electron chi connectivity index (χ2n) is 5.48. The standard InChI is InChI=1S/C17H14Cl4O/c18-13-5-1-11(2-6-13)15-9-17(20,21)10-16(22-15)12-3-7-14(19)8-4-12/h1-8,15-16H,9-10H2/t15-,16+. The normalized spacial score (nSPS) is 24.2. The molecule has 1 aliphatic rings. The third kappa shape index (κ3) is 3.90. The Morgan fingerprint density at radius 1 is 0.727 bits per heavy atom. The van der Waals surface area contributed by atoms with E-state index in [9.17, 15) is 0 Å². The van der Waals surface area contributed by atoms with Gasteiger partial charge in [0.1, 0.15) is 4.33 Å². The van der Waals surface area contributed by atoms with Gasteiger partial charge in [-0.1, -0.05) is 47.5 Å². The first-order valence-corrected chi connectivity index (χ1v) is 8.48. The number of benzene rings is 2. The molecule has 0 bridgehead atoms. The summed E-state index contributed by atoms with van der Waals surface area (Å²) in [5, 5.41) is 1.38. The maximum Gasteiger partial charge on any atom is 0.123 e. The second-order valence-corrected chi connectivity index (χ2v) is 7.99. The zero-order valence-electron chi connectivity index (χ0n) is 11.6. The van der Waals surface area contributed by atoms with E-state index in [1.165, 1.54) is 0 Å². The van der Waals surface area contributed by atoms with Gasteiger partial charge in [0.15, 0.2) is 0 Å². The molecule has 22 heavy (non-hydrogen) atoms. The summed E-state index contributed by atoms with van der Waals surface area (Å²) in [4.78, 5) is 0. The number of rotatable bonds is 2. The van der Waals surface area contributed by atoms with E-state index in [4.69, 9.17) is 51.1 Å². The van der Waals surface area contributed by atoms with Gasteiger partial charge in [-0.25, -0.2) is 0 Å². The summed E-state index contributed by atoms with van der Waals surface area (Å²) in [6.45, 7) is 0. The van der Waals surface area contributed by atoms with E-state index in [2.05, 4.69) is 0 Å². The van der Waals surface area contributed by atoms with Gasteiger partial charge in [-0.2, -0.15) is 0 Å². The molecule has 0 amide bonds. The van der Waals surface area contributed by atoms with Crippen molar-refractivity contribution in [2.24, 2.45) is 0 Å². The van der Waals surface area contributed by atoms with Crippen LogP contribution in [0.1, 0.15) is 36.2 Å². The third-order valence-corrected chi connectivity index (χ3v) is 4.90. The molecule has 5 heteroatoms. The quantitative estimate of drug-likeness (QED) is 0.526. The lowest BCUT2D eigenvalue weighted by Crippen LogP contribution is -2.30. The van der Waals surface area contributed by atoms with Crippen molar-refractivity contribution < 1.29 is 4.74 Å². The van der Waals surface area contributed by atoms with Crippen LogP contribution in [0.15, 0.2) is 48.5 Å². The van der Waals surface area contributed by atoms with Crippen LogP contribution >= 0.6 is 46.4 Å². The summed E-state index contributed by atoms with van der Waals surface area (Å²) in [7, 11) is 0. The molecule has 0 radical (unpaired) electrons. The fraction of sp³-hybridized carbons (Fsp3) is 0.294. The highest BCUT2D eigenvalue weighted by Crippen LogP contribution is 2.49. The number of hydrogen-bond acceptors (Lipinski definition) is 1. The minimum absolute atomic E-state index is 0.165. The first-order chi connectivity index (χ1) is 10.4. The summed E-state index contributed by atoms with van der Waals surface area (Å²) in [5.74, 6) is 0. The Kier molecular flexibility index (Phi) is 4.92. The van der Waals surface area contributed by atoms with E-state index < -0.39 is 4.33 Å². The van der Waals surface area contributed by atoms with Crippen molar-refractivity contribution in [2.45, 2.75) is 29.4 Å². The Hall–Kier alpha value is -0.440. The van der Waals surface area contributed by atoms with Gasteiger partial charge >= 0.3 is 0 Å². The molecule has 1 nitrogen and oxygen atoms in total. The van der Waals surface area contributed by atoms with Crippen LogP contribution in [0.2, 0.25) is 10.0 Å². The minimum Gasteiger partial charge on any atom is -0.365 e. The van der Waals surface area contributed by atoms with E-state index in [0.29, 0.717) is 22.9 Å². The molecule has 1 heterocycles. The van der Waals surface area contributed by atoms with Crippen molar-refractivity contribution in [3.63, 3.8) is 0 Å². The highest BCUT2D eigenvalue weighted by molar-refractivity contribution is 6.48. The molecule has 0 aliphatic carbocycles. The average Bonchev–Trinajstić information content (AvgIpc) is 2.47. The van der Waals surface area contributed by atoms with Gasteiger partial charge in [-0.05, 0) is 35.4 Å². The lowest BCUT2D eigenvalue weighted by Gasteiger charge is -2.37. The van der Waals surface area contributed by atoms with Gasteiger partial charge in [0.25, 0.3) is 0 Å². The van der Waals surface area contributed by atoms with E-state index in [1.807, 2.05) is 48.5 Å². The fourth-order valence-electron chi connectivity index (χ4n) is 2.67. The summed E-state index contributed by atoms with van der Waals surface area (Å²) >= 11 is 24.8. The molecule has 0 N–H and O–H groups in total. The number of halogens is 4. The molecular formula is C17H14Cl4O. The zero-order chi connectivity index (χ0) is 15.7. The van der Waals surface area contributed by atoms with E-state index in [-0.39, 0.29) is 12.2 Å². The molecule has 116 valence electrons. The predicted molar refractivity (Wildman–Crippen MR) is 93.1 cm³/mol. The summed E-state index contributed by atoms with van der Waals surface area (Å²) in [6, 6.07) is 15.2. The van der Waals surface area contributed by atoms with Crippen LogP contribution in [0.5, 0.6) is 0 Å². The maximum absolute atomic E-state index is 6.46. The van der Waals surface area contributed by atoms with Crippen molar-refractivity contribution in [3.8, 4) is 0 Å². The van der Waals surface area contributed by atoms with E-state index in [1.54, 1.807) is 0 Å². The number of hydrogen-bond donors (Lipinski definition) is 0. The lowest BCUT2D eigenvalue weighted by molar-refractivity contribution is -0.0571. The van der Waals surface area contributed by atoms with Crippen LogP contribution < -0.4 is 0 Å². The molecule has 0 spiro atoms. The number of alkyl halides is 2. The molecule has 1 saturated heterocycles. The van der Waals surface area contributed by atoms with Crippen molar-refractivity contribution in [1.29, 1.82) is 0 Å². The average molecular weight is 376 g/mol. The van der Waals surface area contributed by atoms with Gasteiger partial charge < -0.3 is 4.74 Å². The molecule has 2 atom stereocenters. The third-order valence-electron chi connectivity index (χ3n) is 3.78. The molecule has 0 aromatic heterocycles. The summed E-state index contributed by atoms with van der Waals surface area (Å²) in [5.41, 5.74) is 2.04. The molecule has 3 rings (SSSR count). The highest BCUT2D eigenvalue weighted by atomic mass is 35.5. The van der Waals surface area contributed by atoms with E-state index >= 15 is 0 Å².